The third-order valence-electron chi connectivity index (χ3n) is 3.15. The molecule has 0 N–H and O–H groups in total. The van der Waals surface area contributed by atoms with Gasteiger partial charge in [0.05, 0.1) is 16.2 Å². The van der Waals surface area contributed by atoms with Gasteiger partial charge in [0, 0.05) is 19.3 Å². The standard InChI is InChI=1S/C13H17N5O2S2/c1-4-17(5-2)22(19,20)11-6-7-12-15-16-13(18(12)9-11)21-10(3)8-14/h6-7,9-10H,4-5H2,1-3H3/t10-/m1/s1. The highest BCUT2D eigenvalue weighted by Gasteiger charge is 2.23. The lowest BCUT2D eigenvalue weighted by atomic mass is 10.5. The molecule has 7 nitrogen and oxygen atoms in total. The Morgan fingerprint density at radius 3 is 2.64 bits per heavy atom. The second-order valence-corrected chi connectivity index (χ2v) is 7.80. The minimum Gasteiger partial charge on any atom is -0.276 e. The SMILES string of the molecule is CCN(CC)S(=O)(=O)c1ccc2nnc(S[C@H](C)C#N)n2c1. The molecule has 2 heterocycles. The van der Waals surface area contributed by atoms with Crippen LogP contribution in [0.3, 0.4) is 0 Å². The van der Waals surface area contributed by atoms with Crippen molar-refractivity contribution >= 4 is 27.4 Å². The van der Waals surface area contributed by atoms with Gasteiger partial charge in [-0.1, -0.05) is 25.6 Å². The van der Waals surface area contributed by atoms with Crippen molar-refractivity contribution in [3.05, 3.63) is 18.3 Å². The molecule has 2 aromatic rings. The zero-order chi connectivity index (χ0) is 16.3. The quantitative estimate of drug-likeness (QED) is 0.745. The number of rotatable bonds is 6. The number of fused-ring (bicyclic) bond motifs is 1. The highest BCUT2D eigenvalue weighted by Crippen LogP contribution is 2.23. The number of nitrogens with zero attached hydrogens (tertiary/aromatic N) is 5. The fourth-order valence-corrected chi connectivity index (χ4v) is 4.15. The second-order valence-electron chi connectivity index (χ2n) is 4.55. The number of hydrogen-bond acceptors (Lipinski definition) is 6. The van der Waals surface area contributed by atoms with Gasteiger partial charge >= 0.3 is 0 Å². The summed E-state index contributed by atoms with van der Waals surface area (Å²) in [4.78, 5) is 0.190. The van der Waals surface area contributed by atoms with Gasteiger partial charge in [0.25, 0.3) is 0 Å². The van der Waals surface area contributed by atoms with Crippen LogP contribution in [0, 0.1) is 11.3 Å². The van der Waals surface area contributed by atoms with Crippen molar-refractivity contribution in [1.29, 1.82) is 5.26 Å². The topological polar surface area (TPSA) is 91.4 Å². The van der Waals surface area contributed by atoms with E-state index in [-0.39, 0.29) is 10.1 Å². The third-order valence-corrected chi connectivity index (χ3v) is 6.13. The monoisotopic (exact) mass is 339 g/mol. The summed E-state index contributed by atoms with van der Waals surface area (Å²) in [5, 5.41) is 17.1. The van der Waals surface area contributed by atoms with Crippen LogP contribution in [0.1, 0.15) is 20.8 Å². The lowest BCUT2D eigenvalue weighted by Crippen LogP contribution is -2.30. The van der Waals surface area contributed by atoms with E-state index < -0.39 is 10.0 Å². The molecule has 0 bridgehead atoms. The molecule has 0 unspecified atom stereocenters. The zero-order valence-corrected chi connectivity index (χ0v) is 14.2. The van der Waals surface area contributed by atoms with Gasteiger partial charge in [0.2, 0.25) is 10.0 Å². The van der Waals surface area contributed by atoms with Crippen LogP contribution in [0.2, 0.25) is 0 Å². The Bertz CT molecular complexity index is 805. The van der Waals surface area contributed by atoms with Crippen LogP contribution in [-0.2, 0) is 10.0 Å². The van der Waals surface area contributed by atoms with Gasteiger partial charge in [-0.3, -0.25) is 4.40 Å². The summed E-state index contributed by atoms with van der Waals surface area (Å²) in [6.07, 6.45) is 1.51. The Kier molecular flexibility index (Phi) is 5.05. The van der Waals surface area contributed by atoms with Gasteiger partial charge in [0.1, 0.15) is 0 Å². The van der Waals surface area contributed by atoms with Crippen molar-refractivity contribution < 1.29 is 8.42 Å². The number of thioether (sulfide) groups is 1. The summed E-state index contributed by atoms with van der Waals surface area (Å²) >= 11 is 1.24. The van der Waals surface area contributed by atoms with Crippen LogP contribution in [0.25, 0.3) is 5.65 Å². The molecule has 0 amide bonds. The fraction of sp³-hybridized carbons (Fsp3) is 0.462. The minimum absolute atomic E-state index is 0.190. The summed E-state index contributed by atoms with van der Waals surface area (Å²) in [5.74, 6) is 0. The number of hydrogen-bond donors (Lipinski definition) is 0. The van der Waals surface area contributed by atoms with Crippen LogP contribution in [0.15, 0.2) is 28.4 Å². The number of sulfonamides is 1. The first-order chi connectivity index (χ1) is 10.4. The molecule has 0 saturated carbocycles. The third kappa shape index (κ3) is 3.09. The van der Waals surface area contributed by atoms with E-state index >= 15 is 0 Å². The Morgan fingerprint density at radius 2 is 2.05 bits per heavy atom. The van der Waals surface area contributed by atoms with Gasteiger partial charge < -0.3 is 0 Å². The van der Waals surface area contributed by atoms with Gasteiger partial charge in [-0.25, -0.2) is 8.42 Å². The maximum Gasteiger partial charge on any atom is 0.244 e. The van der Waals surface area contributed by atoms with E-state index in [1.807, 2.05) is 0 Å². The van der Waals surface area contributed by atoms with E-state index in [4.69, 9.17) is 5.26 Å². The molecular weight excluding hydrogens is 322 g/mol. The molecular formula is C13H17N5O2S2. The van der Waals surface area contributed by atoms with E-state index in [9.17, 15) is 8.42 Å². The summed E-state index contributed by atoms with van der Waals surface area (Å²) in [6.45, 7) is 6.17. The van der Waals surface area contributed by atoms with Crippen molar-refractivity contribution in [2.24, 2.45) is 0 Å². The molecule has 0 aliphatic carbocycles. The van der Waals surface area contributed by atoms with Gasteiger partial charge in [-0.15, -0.1) is 10.2 Å². The first kappa shape index (κ1) is 16.7. The Balaban J connectivity index is 2.50. The molecule has 2 aromatic heterocycles. The highest BCUT2D eigenvalue weighted by atomic mass is 32.2. The van der Waals surface area contributed by atoms with Crippen molar-refractivity contribution in [3.63, 3.8) is 0 Å². The van der Waals surface area contributed by atoms with Crippen molar-refractivity contribution in [1.82, 2.24) is 18.9 Å². The number of aromatic nitrogens is 3. The van der Waals surface area contributed by atoms with Crippen LogP contribution >= 0.6 is 11.8 Å². The summed E-state index contributed by atoms with van der Waals surface area (Å²) in [6, 6.07) is 5.25. The molecule has 0 saturated heterocycles. The van der Waals surface area contributed by atoms with Crippen molar-refractivity contribution in [2.45, 2.75) is 36.1 Å². The van der Waals surface area contributed by atoms with E-state index in [0.717, 1.165) is 0 Å². The number of nitriles is 1. The molecule has 9 heteroatoms. The summed E-state index contributed by atoms with van der Waals surface area (Å²) in [5.41, 5.74) is 0.547. The van der Waals surface area contributed by atoms with Gasteiger partial charge in [0.15, 0.2) is 10.8 Å². The molecule has 0 aliphatic heterocycles. The highest BCUT2D eigenvalue weighted by molar-refractivity contribution is 8.00. The predicted octanol–water partition coefficient (Wildman–Crippen LogP) is 1.76. The minimum atomic E-state index is -3.54. The zero-order valence-electron chi connectivity index (χ0n) is 12.6. The molecule has 0 spiro atoms. The fourth-order valence-electron chi connectivity index (χ4n) is 1.98. The first-order valence-electron chi connectivity index (χ1n) is 6.85. The van der Waals surface area contributed by atoms with Crippen molar-refractivity contribution in [3.8, 4) is 6.07 Å². The summed E-state index contributed by atoms with van der Waals surface area (Å²) < 4.78 is 28.1. The molecule has 0 aromatic carbocycles. The van der Waals surface area contributed by atoms with Crippen LogP contribution in [0.4, 0.5) is 0 Å². The Hall–Kier alpha value is -1.63. The van der Waals surface area contributed by atoms with E-state index in [0.29, 0.717) is 23.9 Å². The van der Waals surface area contributed by atoms with E-state index in [1.165, 1.54) is 28.3 Å². The average molecular weight is 339 g/mol. The first-order valence-corrected chi connectivity index (χ1v) is 9.17. The van der Waals surface area contributed by atoms with Crippen molar-refractivity contribution in [2.75, 3.05) is 13.1 Å². The molecule has 0 aliphatic rings. The van der Waals surface area contributed by atoms with Crippen LogP contribution in [-0.4, -0.2) is 45.7 Å². The summed E-state index contributed by atoms with van der Waals surface area (Å²) in [7, 11) is -3.54. The van der Waals surface area contributed by atoms with Gasteiger partial charge in [-0.2, -0.15) is 9.57 Å². The second kappa shape index (κ2) is 6.64. The van der Waals surface area contributed by atoms with Gasteiger partial charge in [-0.05, 0) is 19.1 Å². The molecule has 1 atom stereocenters. The lowest BCUT2D eigenvalue weighted by molar-refractivity contribution is 0.445. The Morgan fingerprint density at radius 1 is 1.36 bits per heavy atom. The smallest absolute Gasteiger partial charge is 0.244 e. The van der Waals surface area contributed by atoms with E-state index in [2.05, 4.69) is 16.3 Å². The predicted molar refractivity (Wildman–Crippen MR) is 84.0 cm³/mol. The normalized spacial score (nSPS) is 13.4. The van der Waals surface area contributed by atoms with Crippen LogP contribution < -0.4 is 0 Å². The molecule has 118 valence electrons. The molecule has 0 fully saturated rings. The maximum atomic E-state index is 12.6. The van der Waals surface area contributed by atoms with Crippen LogP contribution in [0.5, 0.6) is 0 Å². The van der Waals surface area contributed by atoms with E-state index in [1.54, 1.807) is 31.2 Å². The molecule has 22 heavy (non-hydrogen) atoms. The number of pyridine rings is 1. The average Bonchev–Trinajstić information content (AvgIpc) is 2.90. The molecule has 0 radical (unpaired) electrons. The Labute approximate surface area is 134 Å². The molecule has 2 rings (SSSR count). The lowest BCUT2D eigenvalue weighted by Gasteiger charge is -2.18. The maximum absolute atomic E-state index is 12.6. The largest absolute Gasteiger partial charge is 0.276 e.